The summed E-state index contributed by atoms with van der Waals surface area (Å²) in [6.07, 6.45) is 1.92. The first-order valence-corrected chi connectivity index (χ1v) is 5.86. The van der Waals surface area contributed by atoms with E-state index in [2.05, 4.69) is 9.88 Å². The van der Waals surface area contributed by atoms with Crippen LogP contribution in [0.5, 0.6) is 0 Å². The van der Waals surface area contributed by atoms with Crippen molar-refractivity contribution in [2.45, 2.75) is 19.1 Å². The number of rotatable bonds is 4. The Kier molecular flexibility index (Phi) is 3.81. The second-order valence-electron chi connectivity index (χ2n) is 4.09. The van der Waals surface area contributed by atoms with Crippen molar-refractivity contribution in [2.75, 3.05) is 37.4 Å². The minimum Gasteiger partial charge on any atom is -0.396 e. The number of nitrogens with two attached hydrogens (primary N) is 1. The van der Waals surface area contributed by atoms with Crippen LogP contribution >= 0.6 is 0 Å². The highest BCUT2D eigenvalue weighted by molar-refractivity contribution is 5.62. The van der Waals surface area contributed by atoms with Gasteiger partial charge in [-0.2, -0.15) is 0 Å². The van der Waals surface area contributed by atoms with E-state index >= 15 is 0 Å². The molecule has 1 fully saturated rings. The third kappa shape index (κ3) is 2.50. The Morgan fingerprint density at radius 3 is 2.88 bits per heavy atom. The molecule has 0 aliphatic carbocycles. The molecule has 1 aromatic rings. The van der Waals surface area contributed by atoms with E-state index < -0.39 is 0 Å². The molecule has 0 saturated carbocycles. The molecule has 0 unspecified atom stereocenters. The SMILES string of the molecule is CCO[C@H]1CN(c2ncccc2N)C[C@@H]1OC. The summed E-state index contributed by atoms with van der Waals surface area (Å²) in [6.45, 7) is 4.22. The molecule has 1 aliphatic rings. The number of ether oxygens (including phenoxy) is 2. The van der Waals surface area contributed by atoms with E-state index in [1.807, 2.05) is 19.1 Å². The van der Waals surface area contributed by atoms with Gasteiger partial charge < -0.3 is 20.1 Å². The number of nitrogens with zero attached hydrogens (tertiary/aromatic N) is 2. The first-order valence-electron chi connectivity index (χ1n) is 5.86. The molecule has 5 heteroatoms. The van der Waals surface area contributed by atoms with Gasteiger partial charge in [-0.3, -0.25) is 0 Å². The van der Waals surface area contributed by atoms with E-state index in [4.69, 9.17) is 15.2 Å². The lowest BCUT2D eigenvalue weighted by Crippen LogP contribution is -2.28. The Morgan fingerprint density at radius 1 is 1.47 bits per heavy atom. The van der Waals surface area contributed by atoms with Crippen molar-refractivity contribution in [3.63, 3.8) is 0 Å². The quantitative estimate of drug-likeness (QED) is 0.843. The van der Waals surface area contributed by atoms with Gasteiger partial charge in [-0.05, 0) is 19.1 Å². The van der Waals surface area contributed by atoms with E-state index in [9.17, 15) is 0 Å². The van der Waals surface area contributed by atoms with Crippen LogP contribution in [0.2, 0.25) is 0 Å². The van der Waals surface area contributed by atoms with Crippen LogP contribution in [0.15, 0.2) is 18.3 Å². The number of aromatic nitrogens is 1. The predicted octanol–water partition coefficient (Wildman–Crippen LogP) is 0.904. The monoisotopic (exact) mass is 237 g/mol. The Hall–Kier alpha value is -1.33. The fraction of sp³-hybridized carbons (Fsp3) is 0.583. The molecule has 2 N–H and O–H groups in total. The molecule has 0 bridgehead atoms. The Balaban J connectivity index is 2.12. The third-order valence-electron chi connectivity index (χ3n) is 3.02. The number of hydrogen-bond donors (Lipinski definition) is 1. The molecule has 0 radical (unpaired) electrons. The number of pyridine rings is 1. The third-order valence-corrected chi connectivity index (χ3v) is 3.02. The zero-order valence-corrected chi connectivity index (χ0v) is 10.3. The fourth-order valence-corrected chi connectivity index (χ4v) is 2.19. The lowest BCUT2D eigenvalue weighted by Gasteiger charge is -2.18. The lowest BCUT2D eigenvalue weighted by molar-refractivity contribution is -0.0232. The second-order valence-corrected chi connectivity index (χ2v) is 4.09. The van der Waals surface area contributed by atoms with Gasteiger partial charge in [-0.15, -0.1) is 0 Å². The molecule has 94 valence electrons. The topological polar surface area (TPSA) is 60.6 Å². The Morgan fingerprint density at radius 2 is 2.24 bits per heavy atom. The van der Waals surface area contributed by atoms with Crippen LogP contribution in [0.25, 0.3) is 0 Å². The van der Waals surface area contributed by atoms with Gasteiger partial charge in [0, 0.05) is 33.0 Å². The highest BCUT2D eigenvalue weighted by atomic mass is 16.5. The minimum atomic E-state index is 0.0800. The van der Waals surface area contributed by atoms with Crippen LogP contribution in [0.4, 0.5) is 11.5 Å². The van der Waals surface area contributed by atoms with Crippen LogP contribution in [0, 0.1) is 0 Å². The Labute approximate surface area is 102 Å². The summed E-state index contributed by atoms with van der Waals surface area (Å²) in [5.74, 6) is 0.816. The van der Waals surface area contributed by atoms with Crippen molar-refractivity contribution < 1.29 is 9.47 Å². The zero-order chi connectivity index (χ0) is 12.3. The highest BCUT2D eigenvalue weighted by Gasteiger charge is 2.34. The van der Waals surface area contributed by atoms with Gasteiger partial charge in [0.2, 0.25) is 0 Å². The van der Waals surface area contributed by atoms with Crippen LogP contribution < -0.4 is 10.6 Å². The molecular weight excluding hydrogens is 218 g/mol. The molecule has 2 rings (SSSR count). The van der Waals surface area contributed by atoms with Gasteiger partial charge in [-0.1, -0.05) is 0 Å². The first-order chi connectivity index (χ1) is 8.26. The van der Waals surface area contributed by atoms with Crippen LogP contribution in [-0.4, -0.2) is 44.0 Å². The van der Waals surface area contributed by atoms with Crippen molar-refractivity contribution >= 4 is 11.5 Å². The molecule has 17 heavy (non-hydrogen) atoms. The smallest absolute Gasteiger partial charge is 0.151 e. The zero-order valence-electron chi connectivity index (χ0n) is 10.3. The number of anilines is 2. The summed E-state index contributed by atoms with van der Waals surface area (Å²) >= 11 is 0. The van der Waals surface area contributed by atoms with Gasteiger partial charge in [0.1, 0.15) is 12.2 Å². The summed E-state index contributed by atoms with van der Waals surface area (Å²) in [7, 11) is 1.71. The van der Waals surface area contributed by atoms with Crippen LogP contribution in [0.3, 0.4) is 0 Å². The average Bonchev–Trinajstić information content (AvgIpc) is 2.73. The molecule has 1 aliphatic heterocycles. The van der Waals surface area contributed by atoms with Crippen molar-refractivity contribution in [2.24, 2.45) is 0 Å². The van der Waals surface area contributed by atoms with E-state index in [0.717, 1.165) is 18.9 Å². The minimum absolute atomic E-state index is 0.0800. The van der Waals surface area contributed by atoms with Crippen molar-refractivity contribution in [3.8, 4) is 0 Å². The summed E-state index contributed by atoms with van der Waals surface area (Å²) in [6, 6.07) is 3.70. The Bertz CT molecular complexity index is 373. The van der Waals surface area contributed by atoms with E-state index in [1.165, 1.54) is 0 Å². The lowest BCUT2D eigenvalue weighted by atomic mass is 10.2. The van der Waals surface area contributed by atoms with E-state index in [1.54, 1.807) is 13.3 Å². The molecule has 5 nitrogen and oxygen atoms in total. The number of nitrogen functional groups attached to an aromatic ring is 1. The molecule has 1 saturated heterocycles. The summed E-state index contributed by atoms with van der Waals surface area (Å²) in [5, 5.41) is 0. The van der Waals surface area contributed by atoms with E-state index in [0.29, 0.717) is 12.3 Å². The molecule has 1 aromatic heterocycles. The van der Waals surface area contributed by atoms with Gasteiger partial charge in [0.15, 0.2) is 5.82 Å². The molecule has 0 amide bonds. The maximum Gasteiger partial charge on any atom is 0.151 e. The maximum absolute atomic E-state index is 5.92. The van der Waals surface area contributed by atoms with Crippen molar-refractivity contribution in [1.29, 1.82) is 0 Å². The number of methoxy groups -OCH3 is 1. The summed E-state index contributed by atoms with van der Waals surface area (Å²) < 4.78 is 11.1. The van der Waals surface area contributed by atoms with Gasteiger partial charge in [0.25, 0.3) is 0 Å². The van der Waals surface area contributed by atoms with Crippen LogP contribution in [0.1, 0.15) is 6.92 Å². The fourth-order valence-electron chi connectivity index (χ4n) is 2.19. The number of hydrogen-bond acceptors (Lipinski definition) is 5. The van der Waals surface area contributed by atoms with Gasteiger partial charge in [0.05, 0.1) is 5.69 Å². The molecular formula is C12H19N3O2. The van der Waals surface area contributed by atoms with Crippen LogP contribution in [-0.2, 0) is 9.47 Å². The largest absolute Gasteiger partial charge is 0.396 e. The van der Waals surface area contributed by atoms with Gasteiger partial charge in [-0.25, -0.2) is 4.98 Å². The normalized spacial score (nSPS) is 24.2. The molecule has 2 atom stereocenters. The summed E-state index contributed by atoms with van der Waals surface area (Å²) in [4.78, 5) is 6.43. The molecule has 0 spiro atoms. The van der Waals surface area contributed by atoms with Gasteiger partial charge >= 0.3 is 0 Å². The first kappa shape index (κ1) is 12.1. The summed E-state index contributed by atoms with van der Waals surface area (Å²) in [5.41, 5.74) is 6.61. The maximum atomic E-state index is 5.92. The molecule has 2 heterocycles. The highest BCUT2D eigenvalue weighted by Crippen LogP contribution is 2.26. The molecule has 0 aromatic carbocycles. The predicted molar refractivity (Wildman–Crippen MR) is 67.1 cm³/mol. The van der Waals surface area contributed by atoms with E-state index in [-0.39, 0.29) is 12.2 Å². The second kappa shape index (κ2) is 5.33. The van der Waals surface area contributed by atoms with Crippen molar-refractivity contribution in [3.05, 3.63) is 18.3 Å². The van der Waals surface area contributed by atoms with Crippen molar-refractivity contribution in [1.82, 2.24) is 4.98 Å². The standard InChI is InChI=1S/C12H19N3O2/c1-3-17-11-8-15(7-10(11)16-2)12-9(13)5-4-6-14-12/h4-6,10-11H,3,7-8,13H2,1-2H3/t10-,11-/m0/s1. The average molecular weight is 237 g/mol.